The summed E-state index contributed by atoms with van der Waals surface area (Å²) in [5.41, 5.74) is 2.73. The normalized spacial score (nSPS) is 22.3. The maximum atomic E-state index is 13.4. The Morgan fingerprint density at radius 2 is 1.94 bits per heavy atom. The molecule has 1 aliphatic carbocycles. The molecule has 4 nitrogen and oxygen atoms in total. The molecule has 1 saturated carbocycles. The number of amides is 1. The van der Waals surface area contributed by atoms with Crippen molar-refractivity contribution in [1.82, 2.24) is 15.2 Å². The molecule has 2 aromatic rings. The van der Waals surface area contributed by atoms with Crippen molar-refractivity contribution in [3.8, 4) is 0 Å². The summed E-state index contributed by atoms with van der Waals surface area (Å²) in [6, 6.07) is 11.4. The quantitative estimate of drug-likeness (QED) is 0.367. The summed E-state index contributed by atoms with van der Waals surface area (Å²) in [7, 11) is 0. The molecule has 3 unspecified atom stereocenters. The lowest BCUT2D eigenvalue weighted by atomic mass is 9.75. The average Bonchev–Trinajstić information content (AvgIpc) is 3.27. The molecule has 1 saturated heterocycles. The Bertz CT molecular complexity index is 921. The number of nitrogens with one attached hydrogen (secondary N) is 1. The summed E-state index contributed by atoms with van der Waals surface area (Å²) in [4.78, 5) is 21.9. The fraction of sp³-hybridized carbons (Fsp3) is 0.667. The van der Waals surface area contributed by atoms with E-state index < -0.39 is 0 Å². The molecule has 1 N–H and O–H groups in total. The minimum atomic E-state index is 0.354. The van der Waals surface area contributed by atoms with Crippen LogP contribution in [0.4, 0.5) is 0 Å². The summed E-state index contributed by atoms with van der Waals surface area (Å²) in [5, 5.41) is 4.76. The fourth-order valence-corrected chi connectivity index (χ4v) is 7.36. The number of carbonyl (C=O) groups is 1. The third kappa shape index (κ3) is 6.95. The Balaban J connectivity index is 1.31. The second kappa shape index (κ2) is 13.0. The number of carbonyl (C=O) groups excluding carboxylic acids is 1. The lowest BCUT2D eigenvalue weighted by Crippen LogP contribution is -2.50. The zero-order chi connectivity index (χ0) is 24.6. The van der Waals surface area contributed by atoms with Crippen molar-refractivity contribution in [2.24, 2.45) is 5.92 Å². The van der Waals surface area contributed by atoms with Crippen LogP contribution in [0.2, 0.25) is 0 Å². The Hall–Kier alpha value is -1.72. The zero-order valence-electron chi connectivity index (χ0n) is 22.1. The Kier molecular flexibility index (Phi) is 9.79. The van der Waals surface area contributed by atoms with Crippen LogP contribution in [0.1, 0.15) is 105 Å². The maximum Gasteiger partial charge on any atom is 0.224 e. The maximum absolute atomic E-state index is 13.4. The van der Waals surface area contributed by atoms with E-state index in [9.17, 15) is 4.79 Å². The molecule has 192 valence electrons. The van der Waals surface area contributed by atoms with Gasteiger partial charge in [-0.25, -0.2) is 4.98 Å². The highest BCUT2D eigenvalue weighted by Crippen LogP contribution is 2.39. The molecule has 1 aromatic carbocycles. The van der Waals surface area contributed by atoms with E-state index in [1.165, 1.54) is 48.2 Å². The van der Waals surface area contributed by atoms with Crippen LogP contribution in [0.15, 0.2) is 30.3 Å². The van der Waals surface area contributed by atoms with Crippen molar-refractivity contribution in [3.63, 3.8) is 0 Å². The fourth-order valence-electron chi connectivity index (χ4n) is 6.34. The van der Waals surface area contributed by atoms with Crippen LogP contribution in [0.5, 0.6) is 0 Å². The molecule has 2 heterocycles. The molecule has 1 aromatic heterocycles. The van der Waals surface area contributed by atoms with Gasteiger partial charge in [-0.05, 0) is 56.4 Å². The number of hydrogen-bond donors (Lipinski definition) is 1. The van der Waals surface area contributed by atoms with Gasteiger partial charge in [0.05, 0.1) is 10.7 Å². The largest absolute Gasteiger partial charge is 0.339 e. The Labute approximate surface area is 216 Å². The van der Waals surface area contributed by atoms with E-state index >= 15 is 0 Å². The van der Waals surface area contributed by atoms with Crippen LogP contribution in [-0.2, 0) is 11.2 Å². The first-order chi connectivity index (χ1) is 17.1. The summed E-state index contributed by atoms with van der Waals surface area (Å²) in [5.74, 6) is 2.06. The van der Waals surface area contributed by atoms with Crippen molar-refractivity contribution in [3.05, 3.63) is 51.5 Å². The number of aryl methyl sites for hydroxylation is 2. The van der Waals surface area contributed by atoms with E-state index in [1.807, 2.05) is 11.3 Å². The van der Waals surface area contributed by atoms with Crippen molar-refractivity contribution in [1.29, 1.82) is 0 Å². The van der Waals surface area contributed by atoms with Gasteiger partial charge in [0, 0.05) is 42.9 Å². The second-order valence-electron chi connectivity index (χ2n) is 10.8. The molecular formula is C30H45N3OS. The van der Waals surface area contributed by atoms with Crippen LogP contribution < -0.4 is 5.32 Å². The highest BCUT2D eigenvalue weighted by molar-refractivity contribution is 7.11. The molecule has 0 bridgehead atoms. The van der Waals surface area contributed by atoms with Gasteiger partial charge in [0.1, 0.15) is 0 Å². The molecule has 0 spiro atoms. The van der Waals surface area contributed by atoms with E-state index in [0.29, 0.717) is 36.1 Å². The van der Waals surface area contributed by atoms with Crippen LogP contribution in [-0.4, -0.2) is 41.5 Å². The van der Waals surface area contributed by atoms with Gasteiger partial charge in [-0.2, -0.15) is 0 Å². The van der Waals surface area contributed by atoms with E-state index in [4.69, 9.17) is 4.98 Å². The van der Waals surface area contributed by atoms with E-state index in [0.717, 1.165) is 50.3 Å². The standard InChI is InChI=1S/C30H45N3OS/c1-4-11-27-30(35-23(3)32-27)22(2)21-31-18-16-29(34)33-19-17-26(24-12-7-5-8-13-24)20-28(33)25-14-9-6-10-15-25/h5,7-8,12-13,22,25-26,28,31H,4,6,9-11,14-21H2,1-3H3. The van der Waals surface area contributed by atoms with Crippen molar-refractivity contribution in [2.45, 2.75) is 103 Å². The third-order valence-corrected chi connectivity index (χ3v) is 9.41. The van der Waals surface area contributed by atoms with E-state index in [-0.39, 0.29) is 0 Å². The number of nitrogens with zero attached hydrogens (tertiary/aromatic N) is 2. The molecule has 2 aliphatic rings. The minimum Gasteiger partial charge on any atom is -0.339 e. The second-order valence-corrected chi connectivity index (χ2v) is 12.1. The highest BCUT2D eigenvalue weighted by Gasteiger charge is 2.37. The van der Waals surface area contributed by atoms with E-state index in [2.05, 4.69) is 61.3 Å². The van der Waals surface area contributed by atoms with Gasteiger partial charge >= 0.3 is 0 Å². The SMILES string of the molecule is CCCc1nc(C)sc1C(C)CNCCC(=O)N1CCC(c2ccccc2)CC1C1CCCCC1. The number of aromatic nitrogens is 1. The lowest BCUT2D eigenvalue weighted by molar-refractivity contribution is -0.136. The number of thiazole rings is 1. The summed E-state index contributed by atoms with van der Waals surface area (Å²) >= 11 is 1.84. The Morgan fingerprint density at radius 1 is 1.17 bits per heavy atom. The van der Waals surface area contributed by atoms with Crippen LogP contribution in [0.3, 0.4) is 0 Å². The van der Waals surface area contributed by atoms with Gasteiger partial charge < -0.3 is 10.2 Å². The minimum absolute atomic E-state index is 0.354. The molecule has 1 aliphatic heterocycles. The number of piperidine rings is 1. The van der Waals surface area contributed by atoms with Crippen LogP contribution in [0, 0.1) is 12.8 Å². The predicted molar refractivity (Wildman–Crippen MR) is 147 cm³/mol. The molecule has 3 atom stereocenters. The number of hydrogen-bond acceptors (Lipinski definition) is 4. The summed E-state index contributed by atoms with van der Waals surface area (Å²) < 4.78 is 0. The first-order valence-electron chi connectivity index (χ1n) is 14.1. The van der Waals surface area contributed by atoms with Crippen molar-refractivity contribution < 1.29 is 4.79 Å². The molecular weight excluding hydrogens is 450 g/mol. The predicted octanol–water partition coefficient (Wildman–Crippen LogP) is 6.84. The van der Waals surface area contributed by atoms with Gasteiger partial charge in [-0.3, -0.25) is 4.79 Å². The zero-order valence-corrected chi connectivity index (χ0v) is 22.9. The molecule has 5 heteroatoms. The molecule has 1 amide bonds. The average molecular weight is 496 g/mol. The Morgan fingerprint density at radius 3 is 2.69 bits per heavy atom. The molecule has 2 fully saturated rings. The monoisotopic (exact) mass is 495 g/mol. The van der Waals surface area contributed by atoms with Crippen LogP contribution in [0.25, 0.3) is 0 Å². The van der Waals surface area contributed by atoms with Gasteiger partial charge in [0.15, 0.2) is 0 Å². The summed E-state index contributed by atoms with van der Waals surface area (Å²) in [6.07, 6.45) is 11.6. The van der Waals surface area contributed by atoms with Gasteiger partial charge in [-0.15, -0.1) is 11.3 Å². The van der Waals surface area contributed by atoms with Gasteiger partial charge in [-0.1, -0.05) is 69.9 Å². The van der Waals surface area contributed by atoms with Crippen molar-refractivity contribution in [2.75, 3.05) is 19.6 Å². The molecule has 4 rings (SSSR count). The molecule has 0 radical (unpaired) electrons. The van der Waals surface area contributed by atoms with Crippen molar-refractivity contribution >= 4 is 17.2 Å². The summed E-state index contributed by atoms with van der Waals surface area (Å²) in [6.45, 7) is 9.20. The first kappa shape index (κ1) is 26.3. The highest BCUT2D eigenvalue weighted by atomic mass is 32.1. The van der Waals surface area contributed by atoms with E-state index in [1.54, 1.807) is 0 Å². The number of rotatable bonds is 10. The number of benzene rings is 1. The third-order valence-electron chi connectivity index (χ3n) is 8.17. The smallest absolute Gasteiger partial charge is 0.224 e. The molecule has 35 heavy (non-hydrogen) atoms. The topological polar surface area (TPSA) is 45.2 Å². The lowest BCUT2D eigenvalue weighted by Gasteiger charge is -2.45. The van der Waals surface area contributed by atoms with Gasteiger partial charge in [0.25, 0.3) is 0 Å². The first-order valence-corrected chi connectivity index (χ1v) is 14.9. The van der Waals surface area contributed by atoms with Gasteiger partial charge in [0.2, 0.25) is 5.91 Å². The van der Waals surface area contributed by atoms with Crippen LogP contribution >= 0.6 is 11.3 Å². The number of likely N-dealkylation sites (tertiary alicyclic amines) is 1.